The predicted octanol–water partition coefficient (Wildman–Crippen LogP) is 3.18. The standard InChI is InChI=1S/C20H24FN3O2/c1-5-9-24-14(2)10-18(15(24)3)19(25)12-23(4)13-20(26)22-17-8-6-7-16(21)11-17/h5-8,10-11H,1,9,12-13H2,2-4H3,(H,22,26). The molecule has 6 heteroatoms. The molecule has 0 spiro atoms. The van der Waals surface area contributed by atoms with Gasteiger partial charge in [0.15, 0.2) is 5.78 Å². The zero-order valence-corrected chi connectivity index (χ0v) is 15.4. The summed E-state index contributed by atoms with van der Waals surface area (Å²) in [5.74, 6) is -0.765. The number of allylic oxidation sites excluding steroid dienone is 1. The Balaban J connectivity index is 1.95. The van der Waals surface area contributed by atoms with E-state index in [9.17, 15) is 14.0 Å². The Morgan fingerprint density at radius 1 is 1.27 bits per heavy atom. The van der Waals surface area contributed by atoms with Gasteiger partial charge in [-0.3, -0.25) is 14.5 Å². The van der Waals surface area contributed by atoms with Gasteiger partial charge in [-0.25, -0.2) is 4.39 Å². The van der Waals surface area contributed by atoms with Gasteiger partial charge in [0.05, 0.1) is 13.1 Å². The number of nitrogens with one attached hydrogen (secondary N) is 1. The Hall–Kier alpha value is -2.73. The molecular formula is C20H24FN3O2. The zero-order chi connectivity index (χ0) is 19.3. The largest absolute Gasteiger partial charge is 0.345 e. The minimum atomic E-state index is -0.416. The molecule has 0 aliphatic rings. The van der Waals surface area contributed by atoms with E-state index in [4.69, 9.17) is 0 Å². The molecule has 0 fully saturated rings. The molecule has 0 unspecified atom stereocenters. The minimum Gasteiger partial charge on any atom is -0.345 e. The van der Waals surface area contributed by atoms with E-state index < -0.39 is 5.82 Å². The maximum absolute atomic E-state index is 13.2. The second-order valence-corrected chi connectivity index (χ2v) is 6.34. The lowest BCUT2D eigenvalue weighted by Gasteiger charge is -2.15. The predicted molar refractivity (Wildman–Crippen MR) is 101 cm³/mol. The maximum Gasteiger partial charge on any atom is 0.238 e. The van der Waals surface area contributed by atoms with Gasteiger partial charge in [0, 0.05) is 29.2 Å². The Morgan fingerprint density at radius 2 is 2.00 bits per heavy atom. The molecule has 0 radical (unpaired) electrons. The number of hydrogen-bond donors (Lipinski definition) is 1. The SMILES string of the molecule is C=CCn1c(C)cc(C(=O)CN(C)CC(=O)Nc2cccc(F)c2)c1C. The maximum atomic E-state index is 13.2. The molecule has 0 atom stereocenters. The second kappa shape index (κ2) is 8.58. The molecule has 2 rings (SSSR count). The van der Waals surface area contributed by atoms with Crippen molar-refractivity contribution in [1.82, 2.24) is 9.47 Å². The highest BCUT2D eigenvalue weighted by atomic mass is 19.1. The first-order valence-corrected chi connectivity index (χ1v) is 8.36. The third-order valence-electron chi connectivity index (χ3n) is 4.12. The lowest BCUT2D eigenvalue weighted by Crippen LogP contribution is -2.34. The molecule has 1 amide bonds. The van der Waals surface area contributed by atoms with E-state index >= 15 is 0 Å². The molecule has 0 saturated carbocycles. The fraction of sp³-hybridized carbons (Fsp3) is 0.300. The smallest absolute Gasteiger partial charge is 0.238 e. The first-order valence-electron chi connectivity index (χ1n) is 8.36. The molecule has 0 bridgehead atoms. The van der Waals surface area contributed by atoms with Crippen molar-refractivity contribution in [3.05, 3.63) is 65.8 Å². The highest BCUT2D eigenvalue weighted by Crippen LogP contribution is 2.16. The van der Waals surface area contributed by atoms with Gasteiger partial charge in [-0.2, -0.15) is 0 Å². The second-order valence-electron chi connectivity index (χ2n) is 6.34. The van der Waals surface area contributed by atoms with Crippen LogP contribution in [0.4, 0.5) is 10.1 Å². The van der Waals surface area contributed by atoms with Gasteiger partial charge in [0.1, 0.15) is 5.82 Å². The highest BCUT2D eigenvalue weighted by molar-refractivity contribution is 5.99. The van der Waals surface area contributed by atoms with Gasteiger partial charge < -0.3 is 9.88 Å². The molecule has 0 aliphatic heterocycles. The third-order valence-corrected chi connectivity index (χ3v) is 4.12. The number of aromatic nitrogens is 1. The van der Waals surface area contributed by atoms with Crippen LogP contribution in [0.15, 0.2) is 43.0 Å². The summed E-state index contributed by atoms with van der Waals surface area (Å²) in [7, 11) is 1.70. The molecule has 1 aromatic carbocycles. The van der Waals surface area contributed by atoms with Crippen LogP contribution in [0.25, 0.3) is 0 Å². The van der Waals surface area contributed by atoms with E-state index in [0.29, 0.717) is 17.8 Å². The van der Waals surface area contributed by atoms with Crippen molar-refractivity contribution >= 4 is 17.4 Å². The van der Waals surface area contributed by atoms with E-state index in [1.807, 2.05) is 24.5 Å². The fourth-order valence-electron chi connectivity index (χ4n) is 2.89. The number of halogens is 1. The molecular weight excluding hydrogens is 333 g/mol. The molecule has 0 saturated heterocycles. The fourth-order valence-corrected chi connectivity index (χ4v) is 2.89. The van der Waals surface area contributed by atoms with Gasteiger partial charge in [-0.1, -0.05) is 12.1 Å². The van der Waals surface area contributed by atoms with E-state index in [-0.39, 0.29) is 24.8 Å². The summed E-state index contributed by atoms with van der Waals surface area (Å²) in [5, 5.41) is 2.62. The first kappa shape index (κ1) is 19.6. The van der Waals surface area contributed by atoms with Gasteiger partial charge in [-0.15, -0.1) is 6.58 Å². The highest BCUT2D eigenvalue weighted by Gasteiger charge is 2.18. The van der Waals surface area contributed by atoms with Gasteiger partial charge in [0.2, 0.25) is 5.91 Å². The van der Waals surface area contributed by atoms with Crippen LogP contribution in [0.3, 0.4) is 0 Å². The summed E-state index contributed by atoms with van der Waals surface area (Å²) < 4.78 is 15.2. The number of amides is 1. The summed E-state index contributed by atoms with van der Waals surface area (Å²) in [6.07, 6.45) is 1.79. The van der Waals surface area contributed by atoms with Crippen molar-refractivity contribution < 1.29 is 14.0 Å². The first-order chi connectivity index (χ1) is 12.3. The average Bonchev–Trinajstić information content (AvgIpc) is 2.83. The van der Waals surface area contributed by atoms with Gasteiger partial charge >= 0.3 is 0 Å². The number of aryl methyl sites for hydroxylation is 1. The topological polar surface area (TPSA) is 54.3 Å². The van der Waals surface area contributed by atoms with Crippen LogP contribution < -0.4 is 5.32 Å². The zero-order valence-electron chi connectivity index (χ0n) is 15.4. The van der Waals surface area contributed by atoms with Crippen LogP contribution in [0.1, 0.15) is 21.7 Å². The third kappa shape index (κ3) is 4.89. The van der Waals surface area contributed by atoms with Crippen LogP contribution in [0.2, 0.25) is 0 Å². The van der Waals surface area contributed by atoms with Crippen molar-refractivity contribution in [2.45, 2.75) is 20.4 Å². The van der Waals surface area contributed by atoms with Crippen LogP contribution in [0.5, 0.6) is 0 Å². The normalized spacial score (nSPS) is 10.8. The number of anilines is 1. The summed E-state index contributed by atoms with van der Waals surface area (Å²) in [6, 6.07) is 7.56. The summed E-state index contributed by atoms with van der Waals surface area (Å²) in [5.41, 5.74) is 2.94. The number of carbonyl (C=O) groups is 2. The summed E-state index contributed by atoms with van der Waals surface area (Å²) in [4.78, 5) is 26.3. The van der Waals surface area contributed by atoms with Gasteiger partial charge in [-0.05, 0) is 45.2 Å². The molecule has 2 aromatic rings. The Morgan fingerprint density at radius 3 is 2.65 bits per heavy atom. The van der Waals surface area contributed by atoms with Crippen molar-refractivity contribution in [3.8, 4) is 0 Å². The van der Waals surface area contributed by atoms with E-state index in [1.54, 1.807) is 24.1 Å². The number of rotatable bonds is 8. The molecule has 138 valence electrons. The molecule has 1 N–H and O–H groups in total. The van der Waals surface area contributed by atoms with Crippen LogP contribution in [0, 0.1) is 19.7 Å². The monoisotopic (exact) mass is 357 g/mol. The Kier molecular flexibility index (Phi) is 6.46. The van der Waals surface area contributed by atoms with Crippen molar-refractivity contribution in [1.29, 1.82) is 0 Å². The van der Waals surface area contributed by atoms with E-state index in [2.05, 4.69) is 11.9 Å². The van der Waals surface area contributed by atoms with E-state index in [0.717, 1.165) is 11.4 Å². The number of likely N-dealkylation sites (N-methyl/N-ethyl adjacent to an activating group) is 1. The molecule has 0 aliphatic carbocycles. The van der Waals surface area contributed by atoms with E-state index in [1.165, 1.54) is 18.2 Å². The van der Waals surface area contributed by atoms with Gasteiger partial charge in [0.25, 0.3) is 0 Å². The number of hydrogen-bond acceptors (Lipinski definition) is 3. The number of Topliss-reactive ketones (excluding diaryl/α,β-unsaturated/α-hetero) is 1. The summed E-state index contributed by atoms with van der Waals surface area (Å²) >= 11 is 0. The van der Waals surface area contributed by atoms with Crippen molar-refractivity contribution in [3.63, 3.8) is 0 Å². The lowest BCUT2D eigenvalue weighted by atomic mass is 10.1. The van der Waals surface area contributed by atoms with Crippen LogP contribution in [-0.2, 0) is 11.3 Å². The quantitative estimate of drug-likeness (QED) is 0.583. The number of ketones is 1. The van der Waals surface area contributed by atoms with Crippen molar-refractivity contribution in [2.24, 2.45) is 0 Å². The van der Waals surface area contributed by atoms with Crippen LogP contribution >= 0.6 is 0 Å². The average molecular weight is 357 g/mol. The number of benzene rings is 1. The minimum absolute atomic E-state index is 0.0354. The number of nitrogens with zero attached hydrogens (tertiary/aromatic N) is 2. The number of carbonyl (C=O) groups excluding carboxylic acids is 2. The lowest BCUT2D eigenvalue weighted by molar-refractivity contribution is -0.116. The van der Waals surface area contributed by atoms with Crippen LogP contribution in [-0.4, -0.2) is 41.3 Å². The molecule has 1 heterocycles. The Bertz CT molecular complexity index is 826. The molecule has 1 aromatic heterocycles. The van der Waals surface area contributed by atoms with Crippen molar-refractivity contribution in [2.75, 3.05) is 25.5 Å². The Labute approximate surface area is 153 Å². The molecule has 5 nitrogen and oxygen atoms in total. The molecule has 26 heavy (non-hydrogen) atoms. The summed E-state index contributed by atoms with van der Waals surface area (Å²) in [6.45, 7) is 8.39.